The van der Waals surface area contributed by atoms with Gasteiger partial charge in [0.05, 0.1) is 16.7 Å². The molecule has 0 fully saturated rings. The van der Waals surface area contributed by atoms with Crippen molar-refractivity contribution in [1.29, 1.82) is 0 Å². The van der Waals surface area contributed by atoms with Gasteiger partial charge in [-0.25, -0.2) is 0 Å². The highest BCUT2D eigenvalue weighted by Gasteiger charge is 2.17. The molecule has 0 N–H and O–H groups in total. The zero-order chi connectivity index (χ0) is 39.8. The summed E-state index contributed by atoms with van der Waals surface area (Å²) >= 11 is 0. The van der Waals surface area contributed by atoms with Crippen LogP contribution >= 0.6 is 0 Å². The summed E-state index contributed by atoms with van der Waals surface area (Å²) in [6.45, 7) is 0. The van der Waals surface area contributed by atoms with Crippen molar-refractivity contribution in [2.24, 2.45) is 0 Å². The van der Waals surface area contributed by atoms with Gasteiger partial charge in [-0.05, 0) is 110 Å². The van der Waals surface area contributed by atoms with Crippen LogP contribution in [0.15, 0.2) is 243 Å². The van der Waals surface area contributed by atoms with Crippen molar-refractivity contribution < 1.29 is 0 Å². The van der Waals surface area contributed by atoms with Crippen LogP contribution in [-0.4, -0.2) is 4.57 Å². The molecule has 0 saturated heterocycles. The molecule has 11 aromatic rings. The van der Waals surface area contributed by atoms with Crippen LogP contribution in [0.25, 0.3) is 82.8 Å². The van der Waals surface area contributed by atoms with Gasteiger partial charge in [0.1, 0.15) is 0 Å². The first kappa shape index (κ1) is 35.2. The zero-order valence-corrected chi connectivity index (χ0v) is 33.0. The zero-order valence-electron chi connectivity index (χ0n) is 33.0. The standard InChI is InChI=1S/C58H40N2/c1-2-14-41(15-3-1)42-28-34-48(35-29-42)59(49-36-30-43(31-37-49)46-18-12-19-47(40-46)52-24-13-17-44-16-4-5-20-51(44)52)50-38-32-45(33-39-50)53-21-6-9-25-56(53)60-57-26-10-7-22-54(57)55-23-8-11-27-58(55)60/h1-40H. The molecule has 0 unspecified atom stereocenters. The Balaban J connectivity index is 0.975. The summed E-state index contributed by atoms with van der Waals surface area (Å²) in [5.41, 5.74) is 16.4. The number of nitrogens with zero attached hydrogens (tertiary/aromatic N) is 2. The molecular weight excluding hydrogens is 725 g/mol. The van der Waals surface area contributed by atoms with Crippen LogP contribution in [0.5, 0.6) is 0 Å². The molecule has 1 aromatic heterocycles. The van der Waals surface area contributed by atoms with E-state index in [0.29, 0.717) is 0 Å². The molecule has 1 heterocycles. The van der Waals surface area contributed by atoms with Gasteiger partial charge in [0.15, 0.2) is 0 Å². The van der Waals surface area contributed by atoms with E-state index in [1.54, 1.807) is 0 Å². The number of para-hydroxylation sites is 3. The predicted molar refractivity (Wildman–Crippen MR) is 255 cm³/mol. The number of benzene rings is 10. The first-order valence-electron chi connectivity index (χ1n) is 20.6. The minimum Gasteiger partial charge on any atom is -0.311 e. The molecule has 10 aromatic carbocycles. The van der Waals surface area contributed by atoms with E-state index >= 15 is 0 Å². The first-order valence-corrected chi connectivity index (χ1v) is 20.6. The molecule has 0 aliphatic carbocycles. The third-order valence-corrected chi connectivity index (χ3v) is 11.8. The van der Waals surface area contributed by atoms with E-state index in [-0.39, 0.29) is 0 Å². The molecule has 2 nitrogen and oxygen atoms in total. The highest BCUT2D eigenvalue weighted by molar-refractivity contribution is 6.09. The molecule has 11 rings (SSSR count). The molecule has 0 bridgehead atoms. The van der Waals surface area contributed by atoms with E-state index in [1.165, 1.54) is 71.5 Å². The van der Waals surface area contributed by atoms with Gasteiger partial charge in [-0.3, -0.25) is 0 Å². The molecular formula is C58H40N2. The van der Waals surface area contributed by atoms with E-state index in [4.69, 9.17) is 0 Å². The van der Waals surface area contributed by atoms with E-state index in [1.807, 2.05) is 0 Å². The Morgan fingerprint density at radius 1 is 0.267 bits per heavy atom. The van der Waals surface area contributed by atoms with Gasteiger partial charge in [-0.15, -0.1) is 0 Å². The normalized spacial score (nSPS) is 11.3. The summed E-state index contributed by atoms with van der Waals surface area (Å²) in [5, 5.41) is 5.04. The maximum Gasteiger partial charge on any atom is 0.0541 e. The molecule has 282 valence electrons. The Bertz CT molecular complexity index is 3230. The number of hydrogen-bond acceptors (Lipinski definition) is 1. The Kier molecular flexibility index (Phi) is 8.87. The van der Waals surface area contributed by atoms with Gasteiger partial charge in [0.25, 0.3) is 0 Å². The van der Waals surface area contributed by atoms with E-state index in [2.05, 4.69) is 252 Å². The number of rotatable bonds is 8. The Labute approximate surface area is 350 Å². The molecule has 0 aliphatic rings. The van der Waals surface area contributed by atoms with E-state index < -0.39 is 0 Å². The maximum absolute atomic E-state index is 2.41. The monoisotopic (exact) mass is 764 g/mol. The van der Waals surface area contributed by atoms with Crippen molar-refractivity contribution in [3.8, 4) is 50.2 Å². The fourth-order valence-electron chi connectivity index (χ4n) is 8.91. The van der Waals surface area contributed by atoms with Crippen molar-refractivity contribution >= 4 is 49.6 Å². The third-order valence-electron chi connectivity index (χ3n) is 11.8. The molecule has 0 aliphatic heterocycles. The minimum absolute atomic E-state index is 1.09. The van der Waals surface area contributed by atoms with Crippen molar-refractivity contribution in [3.05, 3.63) is 243 Å². The lowest BCUT2D eigenvalue weighted by Gasteiger charge is -2.26. The second kappa shape index (κ2) is 15.1. The lowest BCUT2D eigenvalue weighted by atomic mass is 9.95. The van der Waals surface area contributed by atoms with Crippen LogP contribution in [0.2, 0.25) is 0 Å². The maximum atomic E-state index is 2.41. The molecule has 2 heteroatoms. The highest BCUT2D eigenvalue weighted by atomic mass is 15.1. The van der Waals surface area contributed by atoms with E-state index in [9.17, 15) is 0 Å². The number of anilines is 3. The van der Waals surface area contributed by atoms with Gasteiger partial charge >= 0.3 is 0 Å². The molecule has 0 atom stereocenters. The van der Waals surface area contributed by atoms with Crippen molar-refractivity contribution in [2.75, 3.05) is 4.90 Å². The van der Waals surface area contributed by atoms with Crippen LogP contribution in [0.4, 0.5) is 17.1 Å². The fraction of sp³-hybridized carbons (Fsp3) is 0. The first-order chi connectivity index (χ1) is 29.8. The summed E-state index contributed by atoms with van der Waals surface area (Å²) in [6, 6.07) is 87.8. The van der Waals surface area contributed by atoms with Crippen molar-refractivity contribution in [3.63, 3.8) is 0 Å². The third kappa shape index (κ3) is 6.32. The summed E-state index contributed by atoms with van der Waals surface area (Å²) in [5.74, 6) is 0. The van der Waals surface area contributed by atoms with Crippen molar-refractivity contribution in [2.45, 2.75) is 0 Å². The Morgan fingerprint density at radius 2 is 0.700 bits per heavy atom. The second-order valence-corrected chi connectivity index (χ2v) is 15.3. The number of aromatic nitrogens is 1. The SMILES string of the molecule is c1ccc(-c2ccc(N(c3ccc(-c4cccc(-c5cccc6ccccc56)c4)cc3)c3ccc(-c4ccccc4-n4c5ccccc5c5ccccc54)cc3)cc2)cc1. The van der Waals surface area contributed by atoms with Crippen LogP contribution in [0.3, 0.4) is 0 Å². The average molecular weight is 765 g/mol. The van der Waals surface area contributed by atoms with Gasteiger partial charge in [-0.2, -0.15) is 0 Å². The smallest absolute Gasteiger partial charge is 0.0541 e. The topological polar surface area (TPSA) is 8.17 Å². The predicted octanol–water partition coefficient (Wildman–Crippen LogP) is 16.1. The number of hydrogen-bond donors (Lipinski definition) is 0. The summed E-state index contributed by atoms with van der Waals surface area (Å²) in [4.78, 5) is 2.35. The van der Waals surface area contributed by atoms with Gasteiger partial charge in [-0.1, -0.05) is 182 Å². The molecule has 0 saturated carbocycles. The lowest BCUT2D eigenvalue weighted by Crippen LogP contribution is -2.09. The molecule has 0 radical (unpaired) electrons. The van der Waals surface area contributed by atoms with Gasteiger partial charge in [0.2, 0.25) is 0 Å². The lowest BCUT2D eigenvalue weighted by molar-refractivity contribution is 1.18. The molecule has 60 heavy (non-hydrogen) atoms. The average Bonchev–Trinajstić information content (AvgIpc) is 3.67. The van der Waals surface area contributed by atoms with E-state index in [0.717, 1.165) is 28.3 Å². The summed E-state index contributed by atoms with van der Waals surface area (Å²) in [6.07, 6.45) is 0. The molecule has 0 spiro atoms. The second-order valence-electron chi connectivity index (χ2n) is 15.3. The van der Waals surface area contributed by atoms with Crippen LogP contribution in [0.1, 0.15) is 0 Å². The molecule has 0 amide bonds. The van der Waals surface area contributed by atoms with Gasteiger partial charge < -0.3 is 9.47 Å². The minimum atomic E-state index is 1.09. The quantitative estimate of drug-likeness (QED) is 0.150. The van der Waals surface area contributed by atoms with Gasteiger partial charge in [0, 0.05) is 33.4 Å². The summed E-state index contributed by atoms with van der Waals surface area (Å²) < 4.78 is 2.41. The van der Waals surface area contributed by atoms with Crippen LogP contribution < -0.4 is 4.90 Å². The Hall–Kier alpha value is -7.94. The Morgan fingerprint density at radius 3 is 1.37 bits per heavy atom. The largest absolute Gasteiger partial charge is 0.311 e. The summed E-state index contributed by atoms with van der Waals surface area (Å²) in [7, 11) is 0. The fourth-order valence-corrected chi connectivity index (χ4v) is 8.91. The van der Waals surface area contributed by atoms with Crippen LogP contribution in [-0.2, 0) is 0 Å². The number of fused-ring (bicyclic) bond motifs is 4. The van der Waals surface area contributed by atoms with Crippen LogP contribution in [0, 0.1) is 0 Å². The highest BCUT2D eigenvalue weighted by Crippen LogP contribution is 2.40. The van der Waals surface area contributed by atoms with Crippen molar-refractivity contribution in [1.82, 2.24) is 4.57 Å².